The van der Waals surface area contributed by atoms with E-state index in [9.17, 15) is 0 Å². The van der Waals surface area contributed by atoms with Gasteiger partial charge in [0.2, 0.25) is 0 Å². The maximum Gasteiger partial charge on any atom is 0.0740 e. The van der Waals surface area contributed by atoms with Gasteiger partial charge >= 0.3 is 0 Å². The van der Waals surface area contributed by atoms with E-state index >= 15 is 0 Å². The lowest BCUT2D eigenvalue weighted by Crippen LogP contribution is -1.99. The SMILES string of the molecule is C=CC1=CCC(c2cccc3cccnc23)C=C1. The molecule has 1 aliphatic rings. The Kier molecular flexibility index (Phi) is 2.81. The number of rotatable bonds is 2. The molecule has 0 amide bonds. The number of para-hydroxylation sites is 1. The molecule has 1 nitrogen and oxygen atoms in total. The van der Waals surface area contributed by atoms with Crippen LogP contribution in [-0.4, -0.2) is 4.98 Å². The van der Waals surface area contributed by atoms with Crippen molar-refractivity contribution in [1.29, 1.82) is 0 Å². The molecule has 1 unspecified atom stereocenters. The standard InChI is InChI=1S/C17H15N/c1-2-13-8-10-14(11-9-13)16-7-3-5-15-6-4-12-18-17(15)16/h2-10,12,14H,1,11H2. The van der Waals surface area contributed by atoms with Gasteiger partial charge in [-0.1, -0.05) is 55.1 Å². The lowest BCUT2D eigenvalue weighted by molar-refractivity contribution is 0.854. The van der Waals surface area contributed by atoms with Crippen molar-refractivity contribution in [3.8, 4) is 0 Å². The van der Waals surface area contributed by atoms with Gasteiger partial charge in [0.05, 0.1) is 5.52 Å². The van der Waals surface area contributed by atoms with Crippen LogP contribution in [0.5, 0.6) is 0 Å². The van der Waals surface area contributed by atoms with Crippen LogP contribution in [0.1, 0.15) is 17.9 Å². The molecule has 3 rings (SSSR count). The number of aromatic nitrogens is 1. The van der Waals surface area contributed by atoms with E-state index < -0.39 is 0 Å². The molecule has 0 radical (unpaired) electrons. The lowest BCUT2D eigenvalue weighted by atomic mass is 9.89. The Labute approximate surface area is 107 Å². The monoisotopic (exact) mass is 233 g/mol. The minimum absolute atomic E-state index is 0.423. The molecular weight excluding hydrogens is 218 g/mol. The molecule has 0 fully saturated rings. The average molecular weight is 233 g/mol. The molecule has 1 heteroatoms. The van der Waals surface area contributed by atoms with Crippen LogP contribution in [-0.2, 0) is 0 Å². The van der Waals surface area contributed by atoms with E-state index in [1.165, 1.54) is 16.5 Å². The molecule has 1 aliphatic carbocycles. The van der Waals surface area contributed by atoms with Gasteiger partial charge in [0.25, 0.3) is 0 Å². The van der Waals surface area contributed by atoms with Gasteiger partial charge in [-0.2, -0.15) is 0 Å². The van der Waals surface area contributed by atoms with Crippen LogP contribution in [0.4, 0.5) is 0 Å². The summed E-state index contributed by atoms with van der Waals surface area (Å²) in [5.74, 6) is 0.423. The topological polar surface area (TPSA) is 12.9 Å². The van der Waals surface area contributed by atoms with Crippen molar-refractivity contribution >= 4 is 10.9 Å². The summed E-state index contributed by atoms with van der Waals surface area (Å²) in [4.78, 5) is 4.52. The fraction of sp³-hybridized carbons (Fsp3) is 0.118. The van der Waals surface area contributed by atoms with E-state index in [0.717, 1.165) is 11.9 Å². The average Bonchev–Trinajstić information content (AvgIpc) is 2.47. The van der Waals surface area contributed by atoms with Crippen LogP contribution < -0.4 is 0 Å². The summed E-state index contributed by atoms with van der Waals surface area (Å²) in [6, 6.07) is 10.5. The summed E-state index contributed by atoms with van der Waals surface area (Å²) in [6.45, 7) is 3.80. The minimum Gasteiger partial charge on any atom is -0.256 e. The van der Waals surface area contributed by atoms with E-state index in [2.05, 4.69) is 54.1 Å². The van der Waals surface area contributed by atoms with E-state index in [-0.39, 0.29) is 0 Å². The van der Waals surface area contributed by atoms with Gasteiger partial charge in [-0.15, -0.1) is 0 Å². The summed E-state index contributed by atoms with van der Waals surface area (Å²) in [7, 11) is 0. The number of hydrogen-bond donors (Lipinski definition) is 0. The molecule has 0 spiro atoms. The smallest absolute Gasteiger partial charge is 0.0740 e. The first kappa shape index (κ1) is 11.0. The van der Waals surface area contributed by atoms with Crippen LogP contribution in [0.3, 0.4) is 0 Å². The molecule has 18 heavy (non-hydrogen) atoms. The Hall–Kier alpha value is -2.15. The van der Waals surface area contributed by atoms with Gasteiger partial charge in [-0.3, -0.25) is 4.98 Å². The molecule has 2 aromatic rings. The maximum atomic E-state index is 4.52. The summed E-state index contributed by atoms with van der Waals surface area (Å²) >= 11 is 0. The van der Waals surface area contributed by atoms with Crippen molar-refractivity contribution in [2.24, 2.45) is 0 Å². The number of benzene rings is 1. The number of fused-ring (bicyclic) bond motifs is 1. The largest absolute Gasteiger partial charge is 0.256 e. The Morgan fingerprint density at radius 3 is 2.89 bits per heavy atom. The predicted octanol–water partition coefficient (Wildman–Crippen LogP) is 4.39. The Morgan fingerprint density at radius 1 is 1.22 bits per heavy atom. The zero-order chi connectivity index (χ0) is 12.4. The molecule has 1 aromatic heterocycles. The maximum absolute atomic E-state index is 4.52. The van der Waals surface area contributed by atoms with Gasteiger partial charge in [0, 0.05) is 17.5 Å². The van der Waals surface area contributed by atoms with Crippen molar-refractivity contribution in [3.63, 3.8) is 0 Å². The van der Waals surface area contributed by atoms with E-state index in [1.807, 2.05) is 18.3 Å². The first-order chi connectivity index (χ1) is 8.88. The van der Waals surface area contributed by atoms with Gasteiger partial charge in [-0.25, -0.2) is 0 Å². The van der Waals surface area contributed by atoms with Crippen molar-refractivity contribution < 1.29 is 0 Å². The molecule has 0 bridgehead atoms. The first-order valence-electron chi connectivity index (χ1n) is 6.23. The molecule has 88 valence electrons. The number of hydrogen-bond acceptors (Lipinski definition) is 1. The van der Waals surface area contributed by atoms with Crippen molar-refractivity contribution in [3.05, 3.63) is 78.5 Å². The fourth-order valence-corrected chi connectivity index (χ4v) is 2.45. The third kappa shape index (κ3) is 1.88. The molecule has 1 atom stereocenters. The molecule has 0 aliphatic heterocycles. The normalized spacial score (nSPS) is 18.7. The van der Waals surface area contributed by atoms with Crippen LogP contribution in [0.2, 0.25) is 0 Å². The van der Waals surface area contributed by atoms with Crippen LogP contribution in [0.15, 0.2) is 73.0 Å². The summed E-state index contributed by atoms with van der Waals surface area (Å²) < 4.78 is 0. The second-order valence-corrected chi connectivity index (χ2v) is 4.53. The van der Waals surface area contributed by atoms with Gasteiger partial charge in [0.15, 0.2) is 0 Å². The van der Waals surface area contributed by atoms with E-state index in [0.29, 0.717) is 5.92 Å². The molecule has 0 saturated heterocycles. The molecule has 0 saturated carbocycles. The Bertz CT molecular complexity index is 644. The number of allylic oxidation sites excluding steroid dienone is 5. The van der Waals surface area contributed by atoms with Crippen LogP contribution >= 0.6 is 0 Å². The zero-order valence-corrected chi connectivity index (χ0v) is 10.2. The van der Waals surface area contributed by atoms with E-state index in [4.69, 9.17) is 0 Å². The molecule has 1 heterocycles. The van der Waals surface area contributed by atoms with Crippen molar-refractivity contribution in [2.75, 3.05) is 0 Å². The number of nitrogens with zero attached hydrogens (tertiary/aromatic N) is 1. The van der Waals surface area contributed by atoms with Gasteiger partial charge in [0.1, 0.15) is 0 Å². The highest BCUT2D eigenvalue weighted by Gasteiger charge is 2.13. The molecule has 1 aromatic carbocycles. The summed E-state index contributed by atoms with van der Waals surface area (Å²) in [5.41, 5.74) is 3.63. The Balaban J connectivity index is 2.04. The van der Waals surface area contributed by atoms with Crippen LogP contribution in [0.25, 0.3) is 10.9 Å². The molecular formula is C17H15N. The zero-order valence-electron chi connectivity index (χ0n) is 10.2. The highest BCUT2D eigenvalue weighted by atomic mass is 14.6. The second-order valence-electron chi connectivity index (χ2n) is 4.53. The van der Waals surface area contributed by atoms with Crippen LogP contribution in [0, 0.1) is 0 Å². The van der Waals surface area contributed by atoms with Crippen molar-refractivity contribution in [1.82, 2.24) is 4.98 Å². The quantitative estimate of drug-likeness (QED) is 0.749. The highest BCUT2D eigenvalue weighted by Crippen LogP contribution is 2.31. The third-order valence-electron chi connectivity index (χ3n) is 3.43. The van der Waals surface area contributed by atoms with E-state index in [1.54, 1.807) is 0 Å². The summed E-state index contributed by atoms with van der Waals surface area (Å²) in [6.07, 6.45) is 11.4. The number of pyridine rings is 1. The van der Waals surface area contributed by atoms with Gasteiger partial charge < -0.3 is 0 Å². The van der Waals surface area contributed by atoms with Gasteiger partial charge in [-0.05, 0) is 23.6 Å². The predicted molar refractivity (Wildman–Crippen MR) is 76.5 cm³/mol. The second kappa shape index (κ2) is 4.61. The third-order valence-corrected chi connectivity index (χ3v) is 3.43. The highest BCUT2D eigenvalue weighted by molar-refractivity contribution is 5.82. The Morgan fingerprint density at radius 2 is 2.11 bits per heavy atom. The summed E-state index contributed by atoms with van der Waals surface area (Å²) in [5, 5.41) is 1.21. The molecule has 0 N–H and O–H groups in total. The van der Waals surface area contributed by atoms with Crippen molar-refractivity contribution in [2.45, 2.75) is 12.3 Å². The first-order valence-corrected chi connectivity index (χ1v) is 6.23. The lowest BCUT2D eigenvalue weighted by Gasteiger charge is -2.16. The fourth-order valence-electron chi connectivity index (χ4n) is 2.45. The minimum atomic E-state index is 0.423.